The Hall–Kier alpha value is -1.42. The van der Waals surface area contributed by atoms with Gasteiger partial charge in [-0.1, -0.05) is 57.4 Å². The van der Waals surface area contributed by atoms with Gasteiger partial charge in [0.05, 0.1) is 6.10 Å². The number of carbonyl (C=O) groups excluding carboxylic acids is 1. The normalized spacial score (nSPS) is 23.1. The van der Waals surface area contributed by atoms with Crippen LogP contribution in [0, 0.1) is 17.8 Å². The number of hydrogen-bond acceptors (Lipinski definition) is 3. The van der Waals surface area contributed by atoms with Gasteiger partial charge in [0.2, 0.25) is 0 Å². The lowest BCUT2D eigenvalue weighted by Gasteiger charge is -2.14. The number of hydrogen-bond donors (Lipinski definition) is 2. The van der Waals surface area contributed by atoms with Gasteiger partial charge >= 0.3 is 5.97 Å². The summed E-state index contributed by atoms with van der Waals surface area (Å²) in [6.07, 6.45) is 16.0. The number of ketones is 1. The number of allylic oxidation sites excluding steroid dienone is 3. The molecule has 26 heavy (non-hydrogen) atoms. The molecule has 1 unspecified atom stereocenters. The maximum atomic E-state index is 12.2. The van der Waals surface area contributed by atoms with Crippen LogP contribution in [0.2, 0.25) is 0 Å². The van der Waals surface area contributed by atoms with E-state index in [2.05, 4.69) is 13.0 Å². The Morgan fingerprint density at radius 1 is 1.27 bits per heavy atom. The van der Waals surface area contributed by atoms with E-state index in [-0.39, 0.29) is 30.3 Å². The molecule has 0 aromatic rings. The minimum atomic E-state index is -0.765. The summed E-state index contributed by atoms with van der Waals surface area (Å²) < 4.78 is 0. The molecule has 2 N–H and O–H groups in total. The molecule has 1 aliphatic rings. The van der Waals surface area contributed by atoms with Crippen molar-refractivity contribution in [3.63, 3.8) is 0 Å². The van der Waals surface area contributed by atoms with Crippen molar-refractivity contribution >= 4 is 11.8 Å². The van der Waals surface area contributed by atoms with Crippen LogP contribution in [0.1, 0.15) is 78.1 Å². The van der Waals surface area contributed by atoms with E-state index in [0.29, 0.717) is 25.0 Å². The Kier molecular flexibility index (Phi) is 11.2. The number of carboxylic acid groups (broad SMARTS) is 1. The van der Waals surface area contributed by atoms with Crippen LogP contribution in [0.3, 0.4) is 0 Å². The third kappa shape index (κ3) is 9.33. The van der Waals surface area contributed by atoms with Crippen LogP contribution >= 0.6 is 0 Å². The lowest BCUT2D eigenvalue weighted by molar-refractivity contribution is -0.137. The second-order valence-corrected chi connectivity index (χ2v) is 7.66. The number of aliphatic carboxylic acids is 1. The molecule has 0 saturated heterocycles. The summed E-state index contributed by atoms with van der Waals surface area (Å²) in [5.74, 6) is 0.0786. The van der Waals surface area contributed by atoms with Crippen molar-refractivity contribution in [2.75, 3.05) is 0 Å². The molecule has 1 aliphatic carbocycles. The molecule has 4 heteroatoms. The SMILES string of the molecule is CCCCCC(O)CC=C[C@H]1CCC(=O)[C@@H]1CC=C[C@H](C)CCC(=O)O. The first kappa shape index (κ1) is 22.6. The molecular weight excluding hydrogens is 328 g/mol. The molecule has 1 rings (SSSR count). The summed E-state index contributed by atoms with van der Waals surface area (Å²) in [6.45, 7) is 4.16. The van der Waals surface area contributed by atoms with Gasteiger partial charge in [0.25, 0.3) is 0 Å². The fraction of sp³-hybridized carbons (Fsp3) is 0.727. The van der Waals surface area contributed by atoms with Gasteiger partial charge < -0.3 is 10.2 Å². The highest BCUT2D eigenvalue weighted by atomic mass is 16.4. The predicted octanol–water partition coefficient (Wildman–Crippen LogP) is 4.92. The Morgan fingerprint density at radius 2 is 2.04 bits per heavy atom. The lowest BCUT2D eigenvalue weighted by atomic mass is 9.90. The minimum Gasteiger partial charge on any atom is -0.481 e. The summed E-state index contributed by atoms with van der Waals surface area (Å²) in [5, 5.41) is 18.7. The zero-order valence-electron chi connectivity index (χ0n) is 16.4. The van der Waals surface area contributed by atoms with Crippen LogP contribution in [0.25, 0.3) is 0 Å². The molecule has 0 bridgehead atoms. The van der Waals surface area contributed by atoms with Gasteiger partial charge in [-0.2, -0.15) is 0 Å². The summed E-state index contributed by atoms with van der Waals surface area (Å²) >= 11 is 0. The molecule has 0 heterocycles. The van der Waals surface area contributed by atoms with Crippen molar-refractivity contribution in [3.05, 3.63) is 24.3 Å². The average Bonchev–Trinajstić information content (AvgIpc) is 2.94. The highest BCUT2D eigenvalue weighted by molar-refractivity contribution is 5.83. The fourth-order valence-electron chi connectivity index (χ4n) is 3.53. The van der Waals surface area contributed by atoms with E-state index >= 15 is 0 Å². The molecule has 0 radical (unpaired) electrons. The Bertz CT molecular complexity index is 481. The molecule has 0 amide bonds. The smallest absolute Gasteiger partial charge is 0.303 e. The standard InChI is InChI=1S/C22H36O4/c1-3-4-5-10-19(23)11-7-9-18-14-15-21(24)20(18)12-6-8-17(2)13-16-22(25)26/h6-9,17-20,23H,3-5,10-16H2,1-2H3,(H,25,26)/t17-,18-,19?,20+/m0/s1. The Labute approximate surface area is 158 Å². The summed E-state index contributed by atoms with van der Waals surface area (Å²) in [7, 11) is 0. The molecule has 0 aromatic carbocycles. The van der Waals surface area contributed by atoms with Gasteiger partial charge in [-0.3, -0.25) is 9.59 Å². The molecule has 148 valence electrons. The highest BCUT2D eigenvalue weighted by Crippen LogP contribution is 2.33. The van der Waals surface area contributed by atoms with Crippen LogP contribution in [0.4, 0.5) is 0 Å². The maximum absolute atomic E-state index is 12.2. The number of carboxylic acids is 1. The van der Waals surface area contributed by atoms with E-state index in [9.17, 15) is 14.7 Å². The van der Waals surface area contributed by atoms with E-state index in [1.54, 1.807) is 0 Å². The number of Topliss-reactive ketones (excluding diaryl/α,β-unsaturated/α-hetero) is 1. The highest BCUT2D eigenvalue weighted by Gasteiger charge is 2.31. The first-order valence-corrected chi connectivity index (χ1v) is 10.2. The number of aliphatic hydroxyl groups is 1. The topological polar surface area (TPSA) is 74.6 Å². The molecular formula is C22H36O4. The van der Waals surface area contributed by atoms with Crippen molar-refractivity contribution < 1.29 is 19.8 Å². The van der Waals surface area contributed by atoms with Gasteiger partial charge in [0, 0.05) is 18.8 Å². The van der Waals surface area contributed by atoms with Crippen LogP contribution in [-0.2, 0) is 9.59 Å². The number of unbranched alkanes of at least 4 members (excludes halogenated alkanes) is 2. The average molecular weight is 365 g/mol. The molecule has 0 spiro atoms. The third-order valence-corrected chi connectivity index (χ3v) is 5.25. The van der Waals surface area contributed by atoms with Crippen LogP contribution < -0.4 is 0 Å². The van der Waals surface area contributed by atoms with Crippen LogP contribution in [0.5, 0.6) is 0 Å². The number of aliphatic hydroxyl groups excluding tert-OH is 1. The second-order valence-electron chi connectivity index (χ2n) is 7.66. The lowest BCUT2D eigenvalue weighted by Crippen LogP contribution is -2.12. The van der Waals surface area contributed by atoms with Crippen molar-refractivity contribution in [2.45, 2.75) is 84.2 Å². The molecule has 4 atom stereocenters. The summed E-state index contributed by atoms with van der Waals surface area (Å²) in [4.78, 5) is 22.8. The van der Waals surface area contributed by atoms with Crippen molar-refractivity contribution in [1.82, 2.24) is 0 Å². The van der Waals surface area contributed by atoms with Crippen molar-refractivity contribution in [2.24, 2.45) is 17.8 Å². The van der Waals surface area contributed by atoms with Crippen LogP contribution in [-0.4, -0.2) is 28.1 Å². The summed E-state index contributed by atoms with van der Waals surface area (Å²) in [6, 6.07) is 0. The summed E-state index contributed by atoms with van der Waals surface area (Å²) in [5.41, 5.74) is 0. The van der Waals surface area contributed by atoms with Crippen LogP contribution in [0.15, 0.2) is 24.3 Å². The zero-order chi connectivity index (χ0) is 19.4. The van der Waals surface area contributed by atoms with E-state index in [4.69, 9.17) is 5.11 Å². The van der Waals surface area contributed by atoms with E-state index in [1.165, 1.54) is 0 Å². The largest absolute Gasteiger partial charge is 0.481 e. The van der Waals surface area contributed by atoms with Gasteiger partial charge in [-0.05, 0) is 43.9 Å². The van der Waals surface area contributed by atoms with Gasteiger partial charge in [-0.15, -0.1) is 0 Å². The third-order valence-electron chi connectivity index (χ3n) is 5.25. The minimum absolute atomic E-state index is 0.0337. The van der Waals surface area contributed by atoms with Crippen molar-refractivity contribution in [3.8, 4) is 0 Å². The fourth-order valence-corrected chi connectivity index (χ4v) is 3.53. The van der Waals surface area contributed by atoms with E-state index in [0.717, 1.165) is 38.5 Å². The quantitative estimate of drug-likeness (QED) is 0.359. The predicted molar refractivity (Wildman–Crippen MR) is 105 cm³/mol. The maximum Gasteiger partial charge on any atom is 0.303 e. The van der Waals surface area contributed by atoms with Crippen molar-refractivity contribution in [1.29, 1.82) is 0 Å². The van der Waals surface area contributed by atoms with E-state index < -0.39 is 5.97 Å². The number of rotatable bonds is 13. The molecule has 1 saturated carbocycles. The number of carbonyl (C=O) groups is 2. The monoisotopic (exact) mass is 364 g/mol. The second kappa shape index (κ2) is 12.9. The Morgan fingerprint density at radius 3 is 2.73 bits per heavy atom. The molecule has 4 nitrogen and oxygen atoms in total. The zero-order valence-corrected chi connectivity index (χ0v) is 16.4. The van der Waals surface area contributed by atoms with E-state index in [1.807, 2.05) is 25.2 Å². The Balaban J connectivity index is 2.40. The van der Waals surface area contributed by atoms with Gasteiger partial charge in [0.1, 0.15) is 5.78 Å². The van der Waals surface area contributed by atoms with Gasteiger partial charge in [-0.25, -0.2) is 0 Å². The first-order chi connectivity index (χ1) is 12.4. The van der Waals surface area contributed by atoms with Gasteiger partial charge in [0.15, 0.2) is 0 Å². The molecule has 1 fully saturated rings. The molecule has 0 aliphatic heterocycles. The first-order valence-electron chi connectivity index (χ1n) is 10.2. The molecule has 0 aromatic heterocycles.